The molecule has 270 valence electrons. The molecule has 0 spiro atoms. The van der Waals surface area contributed by atoms with Crippen LogP contribution in [0.15, 0.2) is 218 Å². The van der Waals surface area contributed by atoms with Crippen LogP contribution >= 0.6 is 0 Å². The highest BCUT2D eigenvalue weighted by Gasteiger charge is 2.46. The lowest BCUT2D eigenvalue weighted by molar-refractivity contribution is 0.769. The van der Waals surface area contributed by atoms with Crippen molar-refractivity contribution in [3.8, 4) is 55.8 Å². The molecule has 0 unspecified atom stereocenters. The molecule has 1 aliphatic carbocycles. The van der Waals surface area contributed by atoms with Gasteiger partial charge in [-0.2, -0.15) is 0 Å². The molecule has 12 rings (SSSR count). The summed E-state index contributed by atoms with van der Waals surface area (Å²) in [7, 11) is 0. The van der Waals surface area contributed by atoms with Crippen molar-refractivity contribution in [3.63, 3.8) is 0 Å². The molecular weight excluding hydrogens is 701 g/mol. The topological polar surface area (TPSA) is 17.3 Å². The van der Waals surface area contributed by atoms with E-state index in [-0.39, 0.29) is 0 Å². The fourth-order valence-corrected chi connectivity index (χ4v) is 9.87. The number of aromatic nitrogens is 2. The minimum absolute atomic E-state index is 0.432. The first-order valence-corrected chi connectivity index (χ1v) is 20.0. The quantitative estimate of drug-likeness (QED) is 0.166. The molecule has 2 nitrogen and oxygen atoms in total. The lowest BCUT2D eigenvalue weighted by Gasteiger charge is -2.34. The third kappa shape index (κ3) is 4.76. The highest BCUT2D eigenvalue weighted by molar-refractivity contribution is 6.14. The molecular formula is C56H36N2. The van der Waals surface area contributed by atoms with E-state index in [1.165, 1.54) is 88.6 Å². The summed E-state index contributed by atoms with van der Waals surface area (Å²) in [5, 5.41) is 2.46. The summed E-state index contributed by atoms with van der Waals surface area (Å²) in [6.45, 7) is 0. The SMILES string of the molecule is c1ccc(-c2nc3cccc4c5ccc(-c6cccc(-c7cccc(-c8ccc9c(c8)C(c8ccccc8)(c8ccccc8)c8ccccc8-9)c7)c6)cc5c2n34)cc1. The van der Waals surface area contributed by atoms with Crippen LogP contribution in [-0.4, -0.2) is 9.38 Å². The van der Waals surface area contributed by atoms with Gasteiger partial charge in [0, 0.05) is 16.3 Å². The molecule has 0 atom stereocenters. The Kier molecular flexibility index (Phi) is 7.18. The average molecular weight is 737 g/mol. The van der Waals surface area contributed by atoms with E-state index in [1.807, 2.05) is 0 Å². The Balaban J connectivity index is 0.969. The number of hydrogen-bond donors (Lipinski definition) is 0. The Morgan fingerprint density at radius 2 is 0.862 bits per heavy atom. The van der Waals surface area contributed by atoms with E-state index in [4.69, 9.17) is 4.98 Å². The van der Waals surface area contributed by atoms with Crippen LogP contribution in [0.4, 0.5) is 0 Å². The number of nitrogens with zero attached hydrogens (tertiary/aromatic N) is 2. The van der Waals surface area contributed by atoms with Crippen LogP contribution in [0.1, 0.15) is 22.3 Å². The van der Waals surface area contributed by atoms with Crippen LogP contribution < -0.4 is 0 Å². The molecule has 11 aromatic rings. The molecule has 0 saturated heterocycles. The monoisotopic (exact) mass is 736 g/mol. The molecule has 0 radical (unpaired) electrons. The average Bonchev–Trinajstić information content (AvgIpc) is 3.96. The third-order valence-corrected chi connectivity index (χ3v) is 12.4. The van der Waals surface area contributed by atoms with Gasteiger partial charge in [-0.1, -0.05) is 182 Å². The van der Waals surface area contributed by atoms with Crippen LogP contribution in [0.5, 0.6) is 0 Å². The van der Waals surface area contributed by atoms with Crippen LogP contribution in [0, 0.1) is 0 Å². The van der Waals surface area contributed by atoms with E-state index in [1.54, 1.807) is 0 Å². The molecule has 1 aliphatic rings. The third-order valence-electron chi connectivity index (χ3n) is 12.4. The van der Waals surface area contributed by atoms with Crippen LogP contribution in [0.2, 0.25) is 0 Å². The summed E-state index contributed by atoms with van der Waals surface area (Å²) in [5.74, 6) is 0. The van der Waals surface area contributed by atoms with Crippen LogP contribution in [0.3, 0.4) is 0 Å². The highest BCUT2D eigenvalue weighted by Crippen LogP contribution is 2.56. The summed E-state index contributed by atoms with van der Waals surface area (Å²) in [5.41, 5.74) is 20.0. The molecule has 8 aromatic carbocycles. The first kappa shape index (κ1) is 32.7. The van der Waals surface area contributed by atoms with Crippen molar-refractivity contribution >= 4 is 27.5 Å². The maximum atomic E-state index is 5.11. The van der Waals surface area contributed by atoms with Gasteiger partial charge in [0.15, 0.2) is 0 Å². The van der Waals surface area contributed by atoms with E-state index in [9.17, 15) is 0 Å². The van der Waals surface area contributed by atoms with Crippen LogP contribution in [-0.2, 0) is 5.41 Å². The Bertz CT molecular complexity index is 3280. The van der Waals surface area contributed by atoms with Gasteiger partial charge in [0.05, 0.1) is 22.1 Å². The van der Waals surface area contributed by atoms with Gasteiger partial charge in [0.2, 0.25) is 0 Å². The van der Waals surface area contributed by atoms with Gasteiger partial charge in [-0.25, -0.2) is 4.98 Å². The molecule has 0 aliphatic heterocycles. The summed E-state index contributed by atoms with van der Waals surface area (Å²) in [6.07, 6.45) is 0. The number of fused-ring (bicyclic) bond motifs is 6. The van der Waals surface area contributed by atoms with E-state index >= 15 is 0 Å². The van der Waals surface area contributed by atoms with Crippen molar-refractivity contribution in [1.82, 2.24) is 9.38 Å². The highest BCUT2D eigenvalue weighted by atomic mass is 15.0. The second-order valence-electron chi connectivity index (χ2n) is 15.5. The smallest absolute Gasteiger partial charge is 0.138 e. The van der Waals surface area contributed by atoms with E-state index in [2.05, 4.69) is 223 Å². The minimum Gasteiger partial charge on any atom is -0.292 e. The minimum atomic E-state index is -0.432. The maximum Gasteiger partial charge on any atom is 0.138 e. The van der Waals surface area contributed by atoms with Gasteiger partial charge >= 0.3 is 0 Å². The lowest BCUT2D eigenvalue weighted by Crippen LogP contribution is -2.28. The van der Waals surface area contributed by atoms with Gasteiger partial charge in [0.25, 0.3) is 0 Å². The predicted molar refractivity (Wildman–Crippen MR) is 240 cm³/mol. The zero-order chi connectivity index (χ0) is 38.2. The van der Waals surface area contributed by atoms with E-state index in [0.29, 0.717) is 0 Å². The second-order valence-corrected chi connectivity index (χ2v) is 15.5. The normalized spacial score (nSPS) is 13.0. The summed E-state index contributed by atoms with van der Waals surface area (Å²) in [6, 6.07) is 80.0. The van der Waals surface area contributed by atoms with Gasteiger partial charge in [-0.05, 0) is 103 Å². The molecule has 2 heteroatoms. The molecule has 58 heavy (non-hydrogen) atoms. The van der Waals surface area contributed by atoms with Crippen molar-refractivity contribution in [3.05, 3.63) is 241 Å². The largest absolute Gasteiger partial charge is 0.292 e. The zero-order valence-electron chi connectivity index (χ0n) is 31.7. The fourth-order valence-electron chi connectivity index (χ4n) is 9.87. The van der Waals surface area contributed by atoms with Crippen molar-refractivity contribution in [2.75, 3.05) is 0 Å². The first-order valence-electron chi connectivity index (χ1n) is 20.0. The summed E-state index contributed by atoms with van der Waals surface area (Å²) in [4.78, 5) is 5.11. The summed E-state index contributed by atoms with van der Waals surface area (Å²) >= 11 is 0. The van der Waals surface area contributed by atoms with Gasteiger partial charge < -0.3 is 0 Å². The van der Waals surface area contributed by atoms with Crippen molar-refractivity contribution < 1.29 is 0 Å². The molecule has 0 saturated carbocycles. The molecule has 3 heterocycles. The number of imidazole rings is 1. The number of hydrogen-bond acceptors (Lipinski definition) is 1. The summed E-state index contributed by atoms with van der Waals surface area (Å²) < 4.78 is 2.32. The first-order chi connectivity index (χ1) is 28.8. The lowest BCUT2D eigenvalue weighted by atomic mass is 9.67. The van der Waals surface area contributed by atoms with Gasteiger partial charge in [-0.15, -0.1) is 0 Å². The van der Waals surface area contributed by atoms with E-state index < -0.39 is 5.41 Å². The second kappa shape index (κ2) is 12.7. The predicted octanol–water partition coefficient (Wildman–Crippen LogP) is 14.1. The number of rotatable bonds is 6. The Labute approximate surface area is 337 Å². The molecule has 0 bridgehead atoms. The standard InChI is InChI=1S/C56H36N2/c1-4-15-37(16-5-1)54-55-49-35-42(30-32-48(49)52-27-14-28-53(57-54)58(52)55)40-19-12-17-38(33-40)39-18-13-20-41(34-39)43-29-31-47-46-25-10-11-26-50(46)56(51(47)36-43,44-21-6-2-7-22-44)45-23-8-3-9-24-45/h1-36H. The Hall–Kier alpha value is -7.55. The van der Waals surface area contributed by atoms with Gasteiger partial charge in [0.1, 0.15) is 5.65 Å². The Morgan fingerprint density at radius 3 is 1.53 bits per heavy atom. The van der Waals surface area contributed by atoms with Crippen LogP contribution in [0.25, 0.3) is 83.2 Å². The van der Waals surface area contributed by atoms with Crippen molar-refractivity contribution in [2.45, 2.75) is 5.41 Å². The number of benzene rings is 8. The molecule has 0 N–H and O–H groups in total. The molecule has 3 aromatic heterocycles. The molecule has 0 amide bonds. The fraction of sp³-hybridized carbons (Fsp3) is 0.0179. The molecule has 0 fully saturated rings. The van der Waals surface area contributed by atoms with E-state index in [0.717, 1.165) is 16.9 Å². The van der Waals surface area contributed by atoms with Gasteiger partial charge in [-0.3, -0.25) is 4.40 Å². The Morgan fingerprint density at radius 1 is 0.345 bits per heavy atom. The van der Waals surface area contributed by atoms with Crippen molar-refractivity contribution in [2.24, 2.45) is 0 Å². The number of pyridine rings is 1. The maximum absolute atomic E-state index is 5.11. The zero-order valence-corrected chi connectivity index (χ0v) is 31.7. The van der Waals surface area contributed by atoms with Crippen molar-refractivity contribution in [1.29, 1.82) is 0 Å².